The summed E-state index contributed by atoms with van der Waals surface area (Å²) in [5.41, 5.74) is -7.20. The van der Waals surface area contributed by atoms with Gasteiger partial charge >= 0.3 is 5.51 Å². The largest absolute Gasteiger partial charge is 0.502 e. The fraction of sp³-hybridized carbons (Fsp3) is 0.571. The van der Waals surface area contributed by atoms with Crippen molar-refractivity contribution < 1.29 is 52.0 Å². The van der Waals surface area contributed by atoms with Crippen LogP contribution in [0.3, 0.4) is 0 Å². The molecule has 160 valence electrons. The van der Waals surface area contributed by atoms with E-state index in [2.05, 4.69) is 0 Å². The van der Waals surface area contributed by atoms with Crippen molar-refractivity contribution in [1.82, 2.24) is 0 Å². The molecular formula is C14H12F8O4S2. The molecule has 4 atom stereocenters. The third-order valence-electron chi connectivity index (χ3n) is 4.15. The lowest BCUT2D eigenvalue weighted by Crippen LogP contribution is -2.59. The molecule has 4 nitrogen and oxygen atoms in total. The smallest absolute Gasteiger partial charge is 0.243 e. The molecule has 2 aliphatic carbocycles. The summed E-state index contributed by atoms with van der Waals surface area (Å²) in [6.45, 7) is 0. The highest BCUT2D eigenvalue weighted by molar-refractivity contribution is 8.15. The van der Waals surface area contributed by atoms with Gasteiger partial charge in [0, 0.05) is 0 Å². The third-order valence-corrected chi connectivity index (χ3v) is 8.89. The maximum absolute atomic E-state index is 14.1. The molecule has 4 unspecified atom stereocenters. The van der Waals surface area contributed by atoms with Crippen LogP contribution in [0, 0.1) is 0 Å². The molecule has 0 radical (unpaired) electrons. The Morgan fingerprint density at radius 3 is 1.68 bits per heavy atom. The van der Waals surface area contributed by atoms with Crippen molar-refractivity contribution in [1.29, 1.82) is 0 Å². The molecule has 2 rings (SSSR count). The standard InChI is InChI=1S/C14H12F8O4S2/c15-7-8(16)10(18)12(11(19)9(7)17)27(23,24)13(6-4-2-1-3-5-6)28(25,26)14(20,21)22/h1-4,7-12H,5H2/b13-6-. The van der Waals surface area contributed by atoms with Crippen molar-refractivity contribution in [2.75, 3.05) is 0 Å². The van der Waals surface area contributed by atoms with Crippen LogP contribution in [0.25, 0.3) is 0 Å². The number of sulfone groups is 2. The van der Waals surface area contributed by atoms with Crippen LogP contribution in [0.2, 0.25) is 0 Å². The highest BCUT2D eigenvalue weighted by Gasteiger charge is 2.63. The van der Waals surface area contributed by atoms with E-state index in [1.165, 1.54) is 6.08 Å². The van der Waals surface area contributed by atoms with Gasteiger partial charge in [-0.25, -0.2) is 38.8 Å². The van der Waals surface area contributed by atoms with Crippen molar-refractivity contribution in [3.05, 3.63) is 34.1 Å². The van der Waals surface area contributed by atoms with Crippen LogP contribution in [0.15, 0.2) is 34.1 Å². The first-order valence-electron chi connectivity index (χ1n) is 7.47. The summed E-state index contributed by atoms with van der Waals surface area (Å²) in [6, 6.07) is 0. The third kappa shape index (κ3) is 3.60. The topological polar surface area (TPSA) is 68.3 Å². The molecule has 2 aliphatic rings. The van der Waals surface area contributed by atoms with Gasteiger partial charge in [-0.2, -0.15) is 13.2 Å². The molecule has 0 N–H and O–H groups in total. The summed E-state index contributed by atoms with van der Waals surface area (Å²) >= 11 is 0. The average Bonchev–Trinajstić information content (AvgIpc) is 2.57. The predicted molar refractivity (Wildman–Crippen MR) is 82.1 cm³/mol. The first-order chi connectivity index (χ1) is 12.7. The molecule has 0 bridgehead atoms. The minimum Gasteiger partial charge on any atom is -0.243 e. The van der Waals surface area contributed by atoms with Gasteiger partial charge in [0.15, 0.2) is 44.9 Å². The van der Waals surface area contributed by atoms with Gasteiger partial charge in [-0.15, -0.1) is 0 Å². The maximum Gasteiger partial charge on any atom is 0.502 e. The van der Waals surface area contributed by atoms with Gasteiger partial charge in [-0.3, -0.25) is 0 Å². The summed E-state index contributed by atoms with van der Waals surface area (Å²) < 4.78 is 154. The number of hydrogen-bond donors (Lipinski definition) is 0. The quantitative estimate of drug-likeness (QED) is 0.607. The van der Waals surface area contributed by atoms with Gasteiger partial charge in [-0.1, -0.05) is 24.3 Å². The highest BCUT2D eigenvalue weighted by atomic mass is 32.3. The second-order valence-electron chi connectivity index (χ2n) is 5.99. The first kappa shape index (κ1) is 22.8. The van der Waals surface area contributed by atoms with Crippen LogP contribution in [-0.2, 0) is 19.7 Å². The lowest BCUT2D eigenvalue weighted by molar-refractivity contribution is -0.0477. The highest BCUT2D eigenvalue weighted by Crippen LogP contribution is 2.43. The molecule has 14 heteroatoms. The Bertz CT molecular complexity index is 903. The lowest BCUT2D eigenvalue weighted by Gasteiger charge is -2.36. The lowest BCUT2D eigenvalue weighted by atomic mass is 9.91. The fourth-order valence-corrected chi connectivity index (χ4v) is 7.10. The average molecular weight is 460 g/mol. The van der Waals surface area contributed by atoms with E-state index in [1.807, 2.05) is 0 Å². The van der Waals surface area contributed by atoms with Gasteiger partial charge < -0.3 is 0 Å². The van der Waals surface area contributed by atoms with Crippen molar-refractivity contribution >= 4 is 19.7 Å². The van der Waals surface area contributed by atoms with E-state index < -0.39 is 77.5 Å². The second kappa shape index (κ2) is 7.43. The molecule has 1 fully saturated rings. The molecule has 0 aromatic rings. The van der Waals surface area contributed by atoms with E-state index in [1.54, 1.807) is 0 Å². The Labute approximate surface area is 154 Å². The zero-order chi connectivity index (χ0) is 21.7. The molecule has 28 heavy (non-hydrogen) atoms. The maximum atomic E-state index is 14.1. The summed E-state index contributed by atoms with van der Waals surface area (Å²) in [7, 11) is -12.9. The van der Waals surface area contributed by atoms with E-state index in [-0.39, 0.29) is 0 Å². The van der Waals surface area contributed by atoms with Crippen LogP contribution in [0.5, 0.6) is 0 Å². The molecule has 0 aliphatic heterocycles. The first-order valence-corrected chi connectivity index (χ1v) is 10.5. The van der Waals surface area contributed by atoms with E-state index in [4.69, 9.17) is 0 Å². The summed E-state index contributed by atoms with van der Waals surface area (Å²) in [4.78, 5) is 0. The number of halogens is 8. The van der Waals surface area contributed by atoms with Crippen LogP contribution < -0.4 is 0 Å². The number of rotatable bonds is 3. The Morgan fingerprint density at radius 2 is 1.29 bits per heavy atom. The van der Waals surface area contributed by atoms with E-state index in [0.29, 0.717) is 6.08 Å². The summed E-state index contributed by atoms with van der Waals surface area (Å²) in [5, 5.41) is -3.52. The SMILES string of the molecule is O=S(=O)(/C(=C1\C=CC=CC1)S(=O)(=O)C(F)(F)F)C1C(F)C(F)C(F)C(F)C1F. The van der Waals surface area contributed by atoms with Crippen LogP contribution in [-0.4, -0.2) is 58.5 Å². The Balaban J connectivity index is 2.76. The van der Waals surface area contributed by atoms with Crippen molar-refractivity contribution in [2.24, 2.45) is 0 Å². The van der Waals surface area contributed by atoms with Crippen molar-refractivity contribution in [3.8, 4) is 0 Å². The van der Waals surface area contributed by atoms with Gasteiger partial charge in [0.2, 0.25) is 0 Å². The minimum absolute atomic E-state index is 0.636. The molecule has 0 saturated heterocycles. The fourth-order valence-electron chi connectivity index (χ4n) is 2.81. The summed E-state index contributed by atoms with van der Waals surface area (Å²) in [6.07, 6.45) is -14.6. The molecule has 1 saturated carbocycles. The van der Waals surface area contributed by atoms with E-state index >= 15 is 0 Å². The minimum atomic E-state index is -6.71. The van der Waals surface area contributed by atoms with E-state index in [9.17, 15) is 52.0 Å². The molecule has 0 heterocycles. The second-order valence-corrected chi connectivity index (χ2v) is 10.2. The summed E-state index contributed by atoms with van der Waals surface area (Å²) in [5.74, 6) is 0. The van der Waals surface area contributed by atoms with Crippen molar-refractivity contribution in [3.63, 3.8) is 0 Å². The zero-order valence-corrected chi connectivity index (χ0v) is 15.1. The number of hydrogen-bond acceptors (Lipinski definition) is 4. The predicted octanol–water partition coefficient (Wildman–Crippen LogP) is 3.14. The van der Waals surface area contributed by atoms with Crippen LogP contribution in [0.1, 0.15) is 6.42 Å². The van der Waals surface area contributed by atoms with Crippen molar-refractivity contribution in [2.45, 2.75) is 48.0 Å². The van der Waals surface area contributed by atoms with E-state index in [0.717, 1.165) is 12.2 Å². The zero-order valence-electron chi connectivity index (χ0n) is 13.5. The van der Waals surface area contributed by atoms with Gasteiger partial charge in [-0.05, 0) is 12.0 Å². The Hall–Kier alpha value is -1.44. The molecule has 0 amide bonds. The van der Waals surface area contributed by atoms with Gasteiger partial charge in [0.1, 0.15) is 5.25 Å². The molecule has 0 spiro atoms. The molecular weight excluding hydrogens is 448 g/mol. The van der Waals surface area contributed by atoms with Gasteiger partial charge in [0.25, 0.3) is 9.84 Å². The number of allylic oxidation sites excluding steroid dienone is 5. The number of alkyl halides is 8. The Kier molecular flexibility index (Phi) is 6.06. The van der Waals surface area contributed by atoms with Crippen LogP contribution in [0.4, 0.5) is 35.1 Å². The monoisotopic (exact) mass is 460 g/mol. The van der Waals surface area contributed by atoms with Gasteiger partial charge in [0.05, 0.1) is 0 Å². The molecule has 0 aromatic heterocycles. The Morgan fingerprint density at radius 1 is 0.821 bits per heavy atom. The van der Waals surface area contributed by atoms with Crippen LogP contribution >= 0.6 is 0 Å². The molecule has 0 aromatic carbocycles. The normalized spacial score (nSPS) is 36.4.